The normalized spacial score (nSPS) is 10.4. The van der Waals surface area contributed by atoms with Crippen LogP contribution in [0.15, 0.2) is 39.5 Å². The van der Waals surface area contributed by atoms with Crippen molar-refractivity contribution in [1.82, 2.24) is 4.90 Å². The zero-order valence-electron chi connectivity index (χ0n) is 15.9. The van der Waals surface area contributed by atoms with E-state index in [2.05, 4.69) is 0 Å². The van der Waals surface area contributed by atoms with Crippen molar-refractivity contribution in [1.29, 1.82) is 0 Å². The van der Waals surface area contributed by atoms with Crippen molar-refractivity contribution in [2.24, 2.45) is 0 Å². The molecule has 0 saturated carbocycles. The second-order valence-electron chi connectivity index (χ2n) is 6.08. The summed E-state index contributed by atoms with van der Waals surface area (Å²) in [5, 5.41) is 0. The molecule has 0 atom stereocenters. The molecular formula is C20H23NO6. The summed E-state index contributed by atoms with van der Waals surface area (Å²) in [4.78, 5) is 37.2. The fraction of sp³-hybridized carbons (Fsp3) is 0.350. The largest absolute Gasteiger partial charge is 0.494 e. The molecule has 0 bridgehead atoms. The van der Waals surface area contributed by atoms with Crippen LogP contribution >= 0.6 is 0 Å². The Morgan fingerprint density at radius 1 is 1.15 bits per heavy atom. The summed E-state index contributed by atoms with van der Waals surface area (Å²) in [5.74, 6) is -0.105. The summed E-state index contributed by atoms with van der Waals surface area (Å²) in [5.41, 5.74) is 1.00. The summed E-state index contributed by atoms with van der Waals surface area (Å²) in [7, 11) is 1.63. The molecule has 1 amide bonds. The quantitative estimate of drug-likeness (QED) is 0.693. The predicted molar refractivity (Wildman–Crippen MR) is 98.8 cm³/mol. The van der Waals surface area contributed by atoms with Crippen LogP contribution in [0.1, 0.15) is 34.2 Å². The Morgan fingerprint density at radius 3 is 2.41 bits per heavy atom. The van der Waals surface area contributed by atoms with Crippen molar-refractivity contribution in [3.63, 3.8) is 0 Å². The third-order valence-electron chi connectivity index (χ3n) is 3.95. The first kappa shape index (κ1) is 20.2. The third kappa shape index (κ3) is 5.44. The van der Waals surface area contributed by atoms with Gasteiger partial charge in [-0.3, -0.25) is 4.79 Å². The molecule has 0 radical (unpaired) electrons. The molecular weight excluding hydrogens is 350 g/mol. The molecule has 0 aliphatic heterocycles. The van der Waals surface area contributed by atoms with Crippen LogP contribution in [0.5, 0.6) is 5.75 Å². The van der Waals surface area contributed by atoms with Crippen LogP contribution in [0, 0.1) is 13.8 Å². The number of hydrogen-bond donors (Lipinski definition) is 0. The average Bonchev–Trinajstić information content (AvgIpc) is 2.60. The molecule has 2 aromatic rings. The molecule has 1 heterocycles. The minimum Gasteiger partial charge on any atom is -0.494 e. The summed E-state index contributed by atoms with van der Waals surface area (Å²) < 4.78 is 15.4. The van der Waals surface area contributed by atoms with Crippen molar-refractivity contribution in [2.75, 3.05) is 20.3 Å². The van der Waals surface area contributed by atoms with E-state index in [1.165, 1.54) is 17.9 Å². The van der Waals surface area contributed by atoms with E-state index in [0.717, 1.165) is 11.3 Å². The highest BCUT2D eigenvalue weighted by Gasteiger charge is 2.19. The molecule has 0 unspecified atom stereocenters. The van der Waals surface area contributed by atoms with Crippen LogP contribution in [-0.2, 0) is 16.1 Å². The van der Waals surface area contributed by atoms with Gasteiger partial charge in [-0.2, -0.15) is 0 Å². The number of rotatable bonds is 7. The van der Waals surface area contributed by atoms with Gasteiger partial charge in [-0.25, -0.2) is 9.59 Å². The maximum Gasteiger partial charge on any atom is 0.342 e. The number of carbonyl (C=O) groups is 2. The van der Waals surface area contributed by atoms with Gasteiger partial charge in [0.1, 0.15) is 17.1 Å². The molecule has 2 rings (SSSR count). The van der Waals surface area contributed by atoms with Gasteiger partial charge in [0.15, 0.2) is 6.61 Å². The Morgan fingerprint density at radius 2 is 1.81 bits per heavy atom. The van der Waals surface area contributed by atoms with E-state index < -0.39 is 18.2 Å². The molecule has 0 spiro atoms. The summed E-state index contributed by atoms with van der Waals surface area (Å²) in [6, 6.07) is 8.64. The Kier molecular flexibility index (Phi) is 6.76. The molecule has 0 fully saturated rings. The van der Waals surface area contributed by atoms with E-state index in [1.807, 2.05) is 31.2 Å². The number of likely N-dealkylation sites (N-methyl/N-ethyl adjacent to an activating group) is 1. The predicted octanol–water partition coefficient (Wildman–Crippen LogP) is 2.47. The third-order valence-corrected chi connectivity index (χ3v) is 3.95. The number of carbonyl (C=O) groups excluding carboxylic acids is 2. The van der Waals surface area contributed by atoms with Gasteiger partial charge in [0.2, 0.25) is 0 Å². The number of ether oxygens (including phenoxy) is 2. The van der Waals surface area contributed by atoms with Gasteiger partial charge in [-0.15, -0.1) is 0 Å². The molecule has 0 N–H and O–H groups in total. The van der Waals surface area contributed by atoms with Crippen LogP contribution < -0.4 is 10.4 Å². The highest BCUT2D eigenvalue weighted by molar-refractivity contribution is 5.93. The molecule has 1 aromatic heterocycles. The minimum absolute atomic E-state index is 0.163. The first-order valence-corrected chi connectivity index (χ1v) is 8.56. The van der Waals surface area contributed by atoms with Crippen LogP contribution in [0.3, 0.4) is 0 Å². The zero-order chi connectivity index (χ0) is 20.0. The Hall–Kier alpha value is -3.09. The van der Waals surface area contributed by atoms with Gasteiger partial charge in [-0.05, 0) is 44.0 Å². The van der Waals surface area contributed by atoms with E-state index in [1.54, 1.807) is 14.0 Å². The standard InChI is InChI=1S/C20H23NO6/c1-5-25-16-8-6-15(7-9-16)11-21(4)17(22)12-26-20(24)19-13(2)10-18(23)27-14(19)3/h6-10H,5,11-12H2,1-4H3. The van der Waals surface area contributed by atoms with E-state index in [4.69, 9.17) is 13.9 Å². The van der Waals surface area contributed by atoms with Gasteiger partial charge < -0.3 is 18.8 Å². The summed E-state index contributed by atoms with van der Waals surface area (Å²) in [6.45, 7) is 5.59. The molecule has 7 heteroatoms. The highest BCUT2D eigenvalue weighted by Crippen LogP contribution is 2.14. The Balaban J connectivity index is 1.93. The lowest BCUT2D eigenvalue weighted by Gasteiger charge is -2.17. The maximum absolute atomic E-state index is 12.2. The number of benzene rings is 1. The van der Waals surface area contributed by atoms with Crippen LogP contribution in [0.25, 0.3) is 0 Å². The average molecular weight is 373 g/mol. The first-order chi connectivity index (χ1) is 12.8. The Bertz CT molecular complexity index is 843. The summed E-state index contributed by atoms with van der Waals surface area (Å²) in [6.07, 6.45) is 0. The SMILES string of the molecule is CCOc1ccc(CN(C)C(=O)COC(=O)c2c(C)cc(=O)oc2C)cc1. The lowest BCUT2D eigenvalue weighted by Crippen LogP contribution is -2.31. The van der Waals surface area contributed by atoms with E-state index in [9.17, 15) is 14.4 Å². The van der Waals surface area contributed by atoms with Crippen molar-refractivity contribution < 1.29 is 23.5 Å². The fourth-order valence-corrected chi connectivity index (χ4v) is 2.59. The monoisotopic (exact) mass is 373 g/mol. The number of nitrogens with zero attached hydrogens (tertiary/aromatic N) is 1. The van der Waals surface area contributed by atoms with Gasteiger partial charge >= 0.3 is 11.6 Å². The lowest BCUT2D eigenvalue weighted by atomic mass is 10.1. The van der Waals surface area contributed by atoms with Crippen molar-refractivity contribution in [3.8, 4) is 5.75 Å². The topological polar surface area (TPSA) is 86.0 Å². The zero-order valence-corrected chi connectivity index (χ0v) is 15.9. The van der Waals surface area contributed by atoms with E-state index in [0.29, 0.717) is 18.7 Å². The molecule has 27 heavy (non-hydrogen) atoms. The second kappa shape index (κ2) is 9.02. The van der Waals surface area contributed by atoms with Crippen LogP contribution in [-0.4, -0.2) is 37.0 Å². The number of esters is 1. The highest BCUT2D eigenvalue weighted by atomic mass is 16.5. The lowest BCUT2D eigenvalue weighted by molar-refractivity contribution is -0.133. The van der Waals surface area contributed by atoms with E-state index in [-0.39, 0.29) is 17.2 Å². The van der Waals surface area contributed by atoms with Crippen LogP contribution in [0.4, 0.5) is 0 Å². The summed E-state index contributed by atoms with van der Waals surface area (Å²) >= 11 is 0. The van der Waals surface area contributed by atoms with Gasteiger partial charge in [0.05, 0.1) is 6.61 Å². The smallest absolute Gasteiger partial charge is 0.342 e. The second-order valence-corrected chi connectivity index (χ2v) is 6.08. The van der Waals surface area contributed by atoms with Crippen molar-refractivity contribution >= 4 is 11.9 Å². The Labute approximate surface area is 157 Å². The number of aryl methyl sites for hydroxylation is 2. The van der Waals surface area contributed by atoms with Crippen LogP contribution in [0.2, 0.25) is 0 Å². The molecule has 7 nitrogen and oxygen atoms in total. The number of amides is 1. The molecule has 0 saturated heterocycles. The van der Waals surface area contributed by atoms with E-state index >= 15 is 0 Å². The first-order valence-electron chi connectivity index (χ1n) is 8.56. The number of hydrogen-bond acceptors (Lipinski definition) is 6. The fourth-order valence-electron chi connectivity index (χ4n) is 2.59. The van der Waals surface area contributed by atoms with Gasteiger partial charge in [-0.1, -0.05) is 12.1 Å². The van der Waals surface area contributed by atoms with Crippen molar-refractivity contribution in [2.45, 2.75) is 27.3 Å². The molecule has 1 aromatic carbocycles. The van der Waals surface area contributed by atoms with Gasteiger partial charge in [0, 0.05) is 19.7 Å². The van der Waals surface area contributed by atoms with Gasteiger partial charge in [0.25, 0.3) is 5.91 Å². The maximum atomic E-state index is 12.2. The molecule has 144 valence electrons. The van der Waals surface area contributed by atoms with Crippen molar-refractivity contribution in [3.05, 3.63) is 63.2 Å². The minimum atomic E-state index is -0.698. The molecule has 0 aliphatic carbocycles. The molecule has 0 aliphatic rings.